The molecular weight excluding hydrogens is 214 g/mol. The van der Waals surface area contributed by atoms with E-state index >= 15 is 0 Å². The van der Waals surface area contributed by atoms with Crippen LogP contribution in [0.1, 0.15) is 17.0 Å². The van der Waals surface area contributed by atoms with Crippen molar-refractivity contribution in [3.8, 4) is 5.88 Å². The summed E-state index contributed by atoms with van der Waals surface area (Å²) in [6.45, 7) is 4.14. The predicted molar refractivity (Wildman–Crippen MR) is 66.7 cm³/mol. The molecule has 0 bridgehead atoms. The number of benzene rings is 1. The molecule has 2 rings (SSSR count). The molecule has 0 spiro atoms. The molecule has 0 aliphatic rings. The van der Waals surface area contributed by atoms with Crippen molar-refractivity contribution in [1.29, 1.82) is 0 Å². The average molecular weight is 229 g/mol. The van der Waals surface area contributed by atoms with E-state index in [-0.39, 0.29) is 0 Å². The Morgan fingerprint density at radius 1 is 1.12 bits per heavy atom. The van der Waals surface area contributed by atoms with Crippen LogP contribution in [-0.2, 0) is 6.61 Å². The zero-order chi connectivity index (χ0) is 12.3. The average Bonchev–Trinajstić information content (AvgIpc) is 2.33. The lowest BCUT2D eigenvalue weighted by atomic mass is 10.2. The first-order valence-corrected chi connectivity index (χ1v) is 5.44. The number of aryl methyl sites for hydroxylation is 1. The van der Waals surface area contributed by atoms with Crippen LogP contribution < -0.4 is 10.5 Å². The summed E-state index contributed by atoms with van der Waals surface area (Å²) >= 11 is 0. The fourth-order valence-corrected chi connectivity index (χ4v) is 1.49. The van der Waals surface area contributed by atoms with E-state index in [0.29, 0.717) is 24.1 Å². The number of hydrogen-bond acceptors (Lipinski definition) is 4. The molecule has 0 amide bonds. The van der Waals surface area contributed by atoms with Gasteiger partial charge in [-0.25, -0.2) is 4.98 Å². The summed E-state index contributed by atoms with van der Waals surface area (Å²) in [7, 11) is 0. The molecule has 1 heterocycles. The summed E-state index contributed by atoms with van der Waals surface area (Å²) in [5, 5.41) is 0. The maximum atomic E-state index is 5.76. The zero-order valence-corrected chi connectivity index (χ0v) is 9.97. The number of nitrogens with two attached hydrogens (primary N) is 1. The SMILES string of the molecule is Cc1nc(N)c(C)c(OCc2ccccc2)n1. The molecule has 0 aliphatic carbocycles. The largest absolute Gasteiger partial charge is 0.472 e. The second-order valence-corrected chi connectivity index (χ2v) is 3.86. The lowest BCUT2D eigenvalue weighted by molar-refractivity contribution is 0.290. The summed E-state index contributed by atoms with van der Waals surface area (Å²) in [4.78, 5) is 8.31. The van der Waals surface area contributed by atoms with E-state index in [0.717, 1.165) is 11.1 Å². The minimum atomic E-state index is 0.473. The smallest absolute Gasteiger partial charge is 0.222 e. The minimum absolute atomic E-state index is 0.473. The Morgan fingerprint density at radius 3 is 2.53 bits per heavy atom. The summed E-state index contributed by atoms with van der Waals surface area (Å²) in [5.74, 6) is 1.65. The molecule has 0 radical (unpaired) electrons. The Morgan fingerprint density at radius 2 is 1.82 bits per heavy atom. The number of aromatic nitrogens is 2. The van der Waals surface area contributed by atoms with Gasteiger partial charge < -0.3 is 10.5 Å². The van der Waals surface area contributed by atoms with E-state index in [9.17, 15) is 0 Å². The molecule has 1 aromatic heterocycles. The Bertz CT molecular complexity index is 512. The molecule has 0 saturated carbocycles. The van der Waals surface area contributed by atoms with Gasteiger partial charge in [-0.05, 0) is 19.4 Å². The number of ether oxygens (including phenoxy) is 1. The molecule has 1 aromatic carbocycles. The number of rotatable bonds is 3. The number of hydrogen-bond donors (Lipinski definition) is 1. The Kier molecular flexibility index (Phi) is 3.23. The minimum Gasteiger partial charge on any atom is -0.472 e. The van der Waals surface area contributed by atoms with Crippen molar-refractivity contribution in [2.24, 2.45) is 0 Å². The molecular formula is C13H15N3O. The van der Waals surface area contributed by atoms with E-state index in [1.54, 1.807) is 6.92 Å². The van der Waals surface area contributed by atoms with Gasteiger partial charge in [-0.15, -0.1) is 0 Å². The van der Waals surface area contributed by atoms with Crippen molar-refractivity contribution in [2.75, 3.05) is 5.73 Å². The summed E-state index contributed by atoms with van der Waals surface area (Å²) in [5.41, 5.74) is 7.64. The zero-order valence-electron chi connectivity index (χ0n) is 9.97. The van der Waals surface area contributed by atoms with Gasteiger partial charge in [-0.3, -0.25) is 0 Å². The van der Waals surface area contributed by atoms with Crippen LogP contribution in [0.2, 0.25) is 0 Å². The standard InChI is InChI=1S/C13H15N3O/c1-9-12(14)15-10(2)16-13(9)17-8-11-6-4-3-5-7-11/h3-7H,8H2,1-2H3,(H2,14,15,16). The quantitative estimate of drug-likeness (QED) is 0.876. The number of nitrogen functional groups attached to an aromatic ring is 1. The van der Waals surface area contributed by atoms with Crippen LogP contribution in [0.4, 0.5) is 5.82 Å². The molecule has 4 heteroatoms. The Labute approximate surface area is 100 Å². The Balaban J connectivity index is 2.14. The van der Waals surface area contributed by atoms with Crippen molar-refractivity contribution in [3.05, 3.63) is 47.3 Å². The van der Waals surface area contributed by atoms with Gasteiger partial charge in [-0.2, -0.15) is 4.98 Å². The maximum absolute atomic E-state index is 5.76. The first-order valence-electron chi connectivity index (χ1n) is 5.44. The van der Waals surface area contributed by atoms with Crippen LogP contribution in [0.15, 0.2) is 30.3 Å². The highest BCUT2D eigenvalue weighted by Gasteiger charge is 2.07. The maximum Gasteiger partial charge on any atom is 0.222 e. The highest BCUT2D eigenvalue weighted by atomic mass is 16.5. The summed E-state index contributed by atoms with van der Waals surface area (Å²) < 4.78 is 5.65. The van der Waals surface area contributed by atoms with Gasteiger partial charge in [0.2, 0.25) is 5.88 Å². The van der Waals surface area contributed by atoms with E-state index in [4.69, 9.17) is 10.5 Å². The van der Waals surface area contributed by atoms with Crippen molar-refractivity contribution in [2.45, 2.75) is 20.5 Å². The van der Waals surface area contributed by atoms with E-state index in [2.05, 4.69) is 9.97 Å². The third kappa shape index (κ3) is 2.72. The van der Waals surface area contributed by atoms with E-state index in [1.165, 1.54) is 0 Å². The lowest BCUT2D eigenvalue weighted by Crippen LogP contribution is -2.05. The van der Waals surface area contributed by atoms with Crippen molar-refractivity contribution in [3.63, 3.8) is 0 Å². The molecule has 0 fully saturated rings. The van der Waals surface area contributed by atoms with Gasteiger partial charge in [0.25, 0.3) is 0 Å². The van der Waals surface area contributed by atoms with Crippen LogP contribution in [0.3, 0.4) is 0 Å². The highest BCUT2D eigenvalue weighted by Crippen LogP contribution is 2.20. The lowest BCUT2D eigenvalue weighted by Gasteiger charge is -2.10. The fourth-order valence-electron chi connectivity index (χ4n) is 1.49. The van der Waals surface area contributed by atoms with Gasteiger partial charge in [0.15, 0.2) is 0 Å². The summed E-state index contributed by atoms with van der Waals surface area (Å²) in [6.07, 6.45) is 0. The van der Waals surface area contributed by atoms with Crippen molar-refractivity contribution < 1.29 is 4.74 Å². The van der Waals surface area contributed by atoms with Crippen LogP contribution >= 0.6 is 0 Å². The topological polar surface area (TPSA) is 61.0 Å². The van der Waals surface area contributed by atoms with Crippen molar-refractivity contribution >= 4 is 5.82 Å². The first-order chi connectivity index (χ1) is 8.16. The number of anilines is 1. The van der Waals surface area contributed by atoms with Crippen molar-refractivity contribution in [1.82, 2.24) is 9.97 Å². The molecule has 17 heavy (non-hydrogen) atoms. The highest BCUT2D eigenvalue weighted by molar-refractivity contribution is 5.44. The second kappa shape index (κ2) is 4.82. The van der Waals surface area contributed by atoms with Gasteiger partial charge in [0.1, 0.15) is 18.2 Å². The normalized spacial score (nSPS) is 10.2. The van der Waals surface area contributed by atoms with Gasteiger partial charge >= 0.3 is 0 Å². The molecule has 0 aliphatic heterocycles. The van der Waals surface area contributed by atoms with Gasteiger partial charge in [0, 0.05) is 0 Å². The van der Waals surface area contributed by atoms with Crippen LogP contribution in [0.25, 0.3) is 0 Å². The molecule has 2 aromatic rings. The molecule has 4 nitrogen and oxygen atoms in total. The molecule has 88 valence electrons. The second-order valence-electron chi connectivity index (χ2n) is 3.86. The van der Waals surface area contributed by atoms with Gasteiger partial charge in [0.05, 0.1) is 5.56 Å². The molecule has 2 N–H and O–H groups in total. The third-order valence-corrected chi connectivity index (χ3v) is 2.47. The van der Waals surface area contributed by atoms with Crippen LogP contribution in [0, 0.1) is 13.8 Å². The molecule has 0 unspecified atom stereocenters. The van der Waals surface area contributed by atoms with E-state index in [1.807, 2.05) is 37.3 Å². The monoisotopic (exact) mass is 229 g/mol. The summed E-state index contributed by atoms with van der Waals surface area (Å²) in [6, 6.07) is 9.94. The number of nitrogens with zero attached hydrogens (tertiary/aromatic N) is 2. The third-order valence-electron chi connectivity index (χ3n) is 2.47. The van der Waals surface area contributed by atoms with Crippen LogP contribution in [0.5, 0.6) is 5.88 Å². The molecule has 0 saturated heterocycles. The first kappa shape index (κ1) is 11.4. The predicted octanol–water partition coefficient (Wildman–Crippen LogP) is 2.25. The van der Waals surface area contributed by atoms with Gasteiger partial charge in [-0.1, -0.05) is 30.3 Å². The van der Waals surface area contributed by atoms with E-state index < -0.39 is 0 Å². The van der Waals surface area contributed by atoms with Crippen LogP contribution in [-0.4, -0.2) is 9.97 Å². The fraction of sp³-hybridized carbons (Fsp3) is 0.231. The molecule has 0 atom stereocenters. The Hall–Kier alpha value is -2.10.